The molecule has 3 heteroatoms. The van der Waals surface area contributed by atoms with E-state index in [1.54, 1.807) is 0 Å². The SMILES string of the molecule is CCCCC1CCCC(CC)[Si]1(OC)OC. The summed E-state index contributed by atoms with van der Waals surface area (Å²) >= 11 is 0. The van der Waals surface area contributed by atoms with Crippen LogP contribution in [0.2, 0.25) is 11.1 Å². The third-order valence-corrected chi connectivity index (χ3v) is 9.11. The summed E-state index contributed by atoms with van der Waals surface area (Å²) in [6.45, 7) is 4.55. The molecule has 0 amide bonds. The van der Waals surface area contributed by atoms with Crippen LogP contribution in [-0.2, 0) is 8.85 Å². The van der Waals surface area contributed by atoms with Crippen LogP contribution in [0.1, 0.15) is 58.8 Å². The van der Waals surface area contributed by atoms with Crippen molar-refractivity contribution in [1.82, 2.24) is 0 Å². The third-order valence-electron chi connectivity index (χ3n) is 4.28. The van der Waals surface area contributed by atoms with Gasteiger partial charge in [0.1, 0.15) is 0 Å². The molecule has 0 aromatic carbocycles. The lowest BCUT2D eigenvalue weighted by molar-refractivity contribution is 0.192. The minimum Gasteiger partial charge on any atom is -0.397 e. The molecule has 2 nitrogen and oxygen atoms in total. The second-order valence-corrected chi connectivity index (χ2v) is 8.90. The van der Waals surface area contributed by atoms with Crippen molar-refractivity contribution >= 4 is 8.56 Å². The summed E-state index contributed by atoms with van der Waals surface area (Å²) in [4.78, 5) is 0. The Bertz CT molecular complexity index is 192. The van der Waals surface area contributed by atoms with E-state index < -0.39 is 8.56 Å². The Morgan fingerprint density at radius 1 is 1.06 bits per heavy atom. The molecule has 1 aliphatic heterocycles. The molecule has 1 fully saturated rings. The van der Waals surface area contributed by atoms with E-state index in [4.69, 9.17) is 8.85 Å². The van der Waals surface area contributed by atoms with Crippen molar-refractivity contribution in [2.24, 2.45) is 0 Å². The Kier molecular flexibility index (Phi) is 6.01. The van der Waals surface area contributed by atoms with Gasteiger partial charge in [-0.3, -0.25) is 0 Å². The monoisotopic (exact) mass is 244 g/mol. The molecule has 1 saturated heterocycles. The molecule has 0 spiro atoms. The predicted octanol–water partition coefficient (Wildman–Crippen LogP) is 4.25. The summed E-state index contributed by atoms with van der Waals surface area (Å²) in [5.41, 5.74) is 1.43. The zero-order valence-corrected chi connectivity index (χ0v) is 12.4. The van der Waals surface area contributed by atoms with Crippen molar-refractivity contribution in [3.05, 3.63) is 0 Å². The average molecular weight is 244 g/mol. The van der Waals surface area contributed by atoms with Crippen LogP contribution >= 0.6 is 0 Å². The molecule has 0 aromatic rings. The van der Waals surface area contributed by atoms with E-state index in [1.165, 1.54) is 44.9 Å². The summed E-state index contributed by atoms with van der Waals surface area (Å²) in [7, 11) is 1.83. The molecule has 0 radical (unpaired) electrons. The summed E-state index contributed by atoms with van der Waals surface area (Å²) in [6.07, 6.45) is 9.14. The first-order valence-corrected chi connectivity index (χ1v) is 8.82. The van der Waals surface area contributed by atoms with Gasteiger partial charge in [-0.25, -0.2) is 0 Å². The zero-order valence-electron chi connectivity index (χ0n) is 11.4. The van der Waals surface area contributed by atoms with Crippen molar-refractivity contribution in [3.8, 4) is 0 Å². The van der Waals surface area contributed by atoms with E-state index >= 15 is 0 Å². The molecule has 96 valence electrons. The Labute approximate surface area is 102 Å². The van der Waals surface area contributed by atoms with Gasteiger partial charge in [0.05, 0.1) is 0 Å². The lowest BCUT2D eigenvalue weighted by atomic mass is 10.1. The van der Waals surface area contributed by atoms with Gasteiger partial charge >= 0.3 is 8.56 Å². The smallest absolute Gasteiger partial charge is 0.344 e. The quantitative estimate of drug-likeness (QED) is 0.650. The van der Waals surface area contributed by atoms with Gasteiger partial charge < -0.3 is 8.85 Å². The van der Waals surface area contributed by atoms with E-state index in [0.717, 1.165) is 5.54 Å². The van der Waals surface area contributed by atoms with Gasteiger partial charge in [-0.05, 0) is 19.3 Å². The number of unbranched alkanes of at least 4 members (excludes halogenated alkanes) is 1. The largest absolute Gasteiger partial charge is 0.397 e. The molecule has 16 heavy (non-hydrogen) atoms. The van der Waals surface area contributed by atoms with Crippen LogP contribution in [0.15, 0.2) is 0 Å². The van der Waals surface area contributed by atoms with Gasteiger partial charge in [0, 0.05) is 25.3 Å². The Morgan fingerprint density at radius 3 is 2.19 bits per heavy atom. The van der Waals surface area contributed by atoms with Crippen LogP contribution in [0.5, 0.6) is 0 Å². The highest BCUT2D eigenvalue weighted by Gasteiger charge is 2.51. The van der Waals surface area contributed by atoms with E-state index in [0.29, 0.717) is 5.54 Å². The fourth-order valence-electron chi connectivity index (χ4n) is 3.38. The Morgan fingerprint density at radius 2 is 1.69 bits per heavy atom. The molecule has 1 rings (SSSR count). The molecular formula is C13H28O2Si. The molecule has 0 saturated carbocycles. The molecule has 0 aliphatic carbocycles. The lowest BCUT2D eigenvalue weighted by Gasteiger charge is -2.44. The molecule has 0 bridgehead atoms. The zero-order chi connectivity index (χ0) is 12.0. The Hall–Kier alpha value is 0.137. The fraction of sp³-hybridized carbons (Fsp3) is 1.00. The van der Waals surface area contributed by atoms with Crippen LogP contribution in [0.3, 0.4) is 0 Å². The summed E-state index contributed by atoms with van der Waals surface area (Å²) in [5, 5.41) is 0. The lowest BCUT2D eigenvalue weighted by Crippen LogP contribution is -2.51. The van der Waals surface area contributed by atoms with Crippen LogP contribution < -0.4 is 0 Å². The highest BCUT2D eigenvalue weighted by Crippen LogP contribution is 2.48. The second kappa shape index (κ2) is 6.77. The van der Waals surface area contributed by atoms with E-state index in [9.17, 15) is 0 Å². The van der Waals surface area contributed by atoms with Crippen molar-refractivity contribution in [2.45, 2.75) is 69.9 Å². The first-order valence-electron chi connectivity index (χ1n) is 6.85. The average Bonchev–Trinajstić information content (AvgIpc) is 2.35. The fourth-order valence-corrected chi connectivity index (χ4v) is 7.94. The number of hydrogen-bond donors (Lipinski definition) is 0. The Balaban J connectivity index is 2.77. The normalized spacial score (nSPS) is 29.2. The summed E-state index contributed by atoms with van der Waals surface area (Å²) in [6, 6.07) is 0. The highest BCUT2D eigenvalue weighted by molar-refractivity contribution is 6.70. The maximum absolute atomic E-state index is 5.96. The molecule has 0 N–H and O–H groups in total. The molecule has 2 unspecified atom stereocenters. The topological polar surface area (TPSA) is 18.5 Å². The van der Waals surface area contributed by atoms with Gasteiger partial charge in [-0.15, -0.1) is 0 Å². The van der Waals surface area contributed by atoms with E-state index in [1.807, 2.05) is 14.2 Å². The van der Waals surface area contributed by atoms with Crippen LogP contribution in [0.4, 0.5) is 0 Å². The predicted molar refractivity (Wildman–Crippen MR) is 70.9 cm³/mol. The van der Waals surface area contributed by atoms with Gasteiger partial charge in [0.25, 0.3) is 0 Å². The minimum atomic E-state index is -1.93. The maximum atomic E-state index is 5.96. The second-order valence-electron chi connectivity index (χ2n) is 5.00. The molecule has 0 aromatic heterocycles. The molecule has 1 aliphatic rings. The van der Waals surface area contributed by atoms with E-state index in [-0.39, 0.29) is 0 Å². The molecular weight excluding hydrogens is 216 g/mol. The first kappa shape index (κ1) is 14.2. The van der Waals surface area contributed by atoms with Gasteiger partial charge in [0.15, 0.2) is 0 Å². The van der Waals surface area contributed by atoms with Crippen molar-refractivity contribution in [3.63, 3.8) is 0 Å². The van der Waals surface area contributed by atoms with Crippen LogP contribution in [0.25, 0.3) is 0 Å². The summed E-state index contributed by atoms with van der Waals surface area (Å²) < 4.78 is 11.9. The van der Waals surface area contributed by atoms with Gasteiger partial charge in [-0.1, -0.05) is 39.5 Å². The van der Waals surface area contributed by atoms with Crippen molar-refractivity contribution < 1.29 is 8.85 Å². The first-order chi connectivity index (χ1) is 7.75. The molecule has 2 atom stereocenters. The minimum absolute atomic E-state index is 0.707. The van der Waals surface area contributed by atoms with Gasteiger partial charge in [-0.2, -0.15) is 0 Å². The maximum Gasteiger partial charge on any atom is 0.344 e. The third kappa shape index (κ3) is 2.69. The number of hydrogen-bond acceptors (Lipinski definition) is 2. The number of rotatable bonds is 6. The van der Waals surface area contributed by atoms with Gasteiger partial charge in [0.2, 0.25) is 0 Å². The summed E-state index contributed by atoms with van der Waals surface area (Å²) in [5.74, 6) is 0. The highest BCUT2D eigenvalue weighted by atomic mass is 28.4. The van der Waals surface area contributed by atoms with Crippen molar-refractivity contribution in [2.75, 3.05) is 14.2 Å². The van der Waals surface area contributed by atoms with Crippen molar-refractivity contribution in [1.29, 1.82) is 0 Å². The standard InChI is InChI=1S/C13H28O2Si/c1-5-7-9-13-11-8-10-12(6-2)16(13,14-3)15-4/h12-13H,5-11H2,1-4H3. The van der Waals surface area contributed by atoms with Crippen LogP contribution in [0, 0.1) is 0 Å². The van der Waals surface area contributed by atoms with E-state index in [2.05, 4.69) is 13.8 Å². The molecule has 1 heterocycles. The van der Waals surface area contributed by atoms with Crippen LogP contribution in [-0.4, -0.2) is 22.8 Å².